The molecule has 0 saturated carbocycles. The van der Waals surface area contributed by atoms with Gasteiger partial charge in [0.05, 0.1) is 7.11 Å². The summed E-state index contributed by atoms with van der Waals surface area (Å²) in [6.45, 7) is 4.70. The van der Waals surface area contributed by atoms with Crippen LogP contribution >= 0.6 is 11.6 Å². The number of nitrogens with zero attached hydrogens (tertiary/aromatic N) is 2. The van der Waals surface area contributed by atoms with Gasteiger partial charge in [-0.15, -0.1) is 0 Å². The van der Waals surface area contributed by atoms with E-state index in [1.165, 1.54) is 6.33 Å². The fraction of sp³-hybridized carbons (Fsp3) is 0.286. The molecule has 5 nitrogen and oxygen atoms in total. The van der Waals surface area contributed by atoms with Crippen LogP contribution in [-0.2, 0) is 0 Å². The normalized spacial score (nSPS) is 10.2. The number of benzene rings is 1. The summed E-state index contributed by atoms with van der Waals surface area (Å²) in [5.41, 5.74) is 1.84. The summed E-state index contributed by atoms with van der Waals surface area (Å²) in [7, 11) is 1.59. The molecule has 20 heavy (non-hydrogen) atoms. The Hall–Kier alpha value is -2.01. The predicted molar refractivity (Wildman–Crippen MR) is 82.2 cm³/mol. The number of rotatable bonds is 5. The van der Waals surface area contributed by atoms with Crippen LogP contribution in [0.25, 0.3) is 0 Å². The van der Waals surface area contributed by atoms with Crippen molar-refractivity contribution in [2.45, 2.75) is 13.8 Å². The molecule has 1 heterocycles. The average Bonchev–Trinajstić information content (AvgIpc) is 2.44. The molecule has 2 N–H and O–H groups in total. The molecule has 2 rings (SSSR count). The summed E-state index contributed by atoms with van der Waals surface area (Å²) in [4.78, 5) is 8.40. The second kappa shape index (κ2) is 6.43. The van der Waals surface area contributed by atoms with Crippen molar-refractivity contribution in [1.82, 2.24) is 9.97 Å². The first-order valence-corrected chi connectivity index (χ1v) is 6.70. The molecule has 2 aromatic rings. The molecule has 0 saturated heterocycles. The van der Waals surface area contributed by atoms with Crippen molar-refractivity contribution in [2.24, 2.45) is 0 Å². The first-order chi connectivity index (χ1) is 9.67. The van der Waals surface area contributed by atoms with Crippen molar-refractivity contribution >= 4 is 28.9 Å². The van der Waals surface area contributed by atoms with E-state index in [2.05, 4.69) is 20.6 Å². The Labute approximate surface area is 123 Å². The zero-order valence-corrected chi connectivity index (χ0v) is 12.5. The molecule has 1 aromatic carbocycles. The van der Waals surface area contributed by atoms with Crippen LogP contribution in [0.4, 0.5) is 17.3 Å². The Bertz CT molecular complexity index is 604. The van der Waals surface area contributed by atoms with Crippen molar-refractivity contribution in [1.29, 1.82) is 0 Å². The molecule has 0 bridgehead atoms. The third kappa shape index (κ3) is 2.93. The van der Waals surface area contributed by atoms with Gasteiger partial charge in [0.2, 0.25) is 5.75 Å². The van der Waals surface area contributed by atoms with Crippen molar-refractivity contribution < 1.29 is 4.74 Å². The Kier molecular flexibility index (Phi) is 4.63. The standard InChI is InChI=1S/C14H17ClN4O/c1-4-16-13-12(20-3)14(18-8-17-13)19-11-7-5-6-10(15)9(11)2/h5-8H,4H2,1-3H3,(H2,16,17,18,19). The van der Waals surface area contributed by atoms with Gasteiger partial charge in [-0.25, -0.2) is 9.97 Å². The largest absolute Gasteiger partial charge is 0.490 e. The number of aromatic nitrogens is 2. The highest BCUT2D eigenvalue weighted by Crippen LogP contribution is 2.33. The molecule has 0 spiro atoms. The minimum atomic E-state index is 0.578. The van der Waals surface area contributed by atoms with Crippen LogP contribution in [0, 0.1) is 6.92 Å². The molecular formula is C14H17ClN4O. The highest BCUT2D eigenvalue weighted by Gasteiger charge is 2.13. The molecule has 0 aliphatic carbocycles. The maximum atomic E-state index is 6.12. The van der Waals surface area contributed by atoms with E-state index in [4.69, 9.17) is 16.3 Å². The summed E-state index contributed by atoms with van der Waals surface area (Å²) in [6.07, 6.45) is 1.49. The Balaban J connectivity index is 2.38. The fourth-order valence-electron chi connectivity index (χ4n) is 1.82. The Morgan fingerprint density at radius 1 is 1.25 bits per heavy atom. The lowest BCUT2D eigenvalue weighted by molar-refractivity contribution is 0.415. The zero-order valence-electron chi connectivity index (χ0n) is 11.7. The monoisotopic (exact) mass is 292 g/mol. The van der Waals surface area contributed by atoms with Gasteiger partial charge in [-0.1, -0.05) is 17.7 Å². The molecule has 0 amide bonds. The van der Waals surface area contributed by atoms with Gasteiger partial charge in [-0.05, 0) is 31.5 Å². The van der Waals surface area contributed by atoms with Crippen molar-refractivity contribution in [2.75, 3.05) is 24.3 Å². The van der Waals surface area contributed by atoms with Gasteiger partial charge < -0.3 is 15.4 Å². The molecule has 0 radical (unpaired) electrons. The van der Waals surface area contributed by atoms with Crippen LogP contribution < -0.4 is 15.4 Å². The van der Waals surface area contributed by atoms with Gasteiger partial charge in [-0.3, -0.25) is 0 Å². The lowest BCUT2D eigenvalue weighted by Crippen LogP contribution is -2.06. The molecule has 1 aromatic heterocycles. The van der Waals surface area contributed by atoms with Gasteiger partial charge in [0.1, 0.15) is 6.33 Å². The molecule has 0 aliphatic heterocycles. The average molecular weight is 293 g/mol. The van der Waals surface area contributed by atoms with Crippen LogP contribution in [0.1, 0.15) is 12.5 Å². The second-order valence-corrected chi connectivity index (χ2v) is 4.58. The number of nitrogens with one attached hydrogen (secondary N) is 2. The third-order valence-corrected chi connectivity index (χ3v) is 3.28. The zero-order chi connectivity index (χ0) is 14.5. The van der Waals surface area contributed by atoms with Crippen molar-refractivity contribution in [3.63, 3.8) is 0 Å². The molecule has 0 fully saturated rings. The number of methoxy groups -OCH3 is 1. The van der Waals surface area contributed by atoms with E-state index in [1.807, 2.05) is 32.0 Å². The van der Waals surface area contributed by atoms with Crippen LogP contribution in [0.15, 0.2) is 24.5 Å². The van der Waals surface area contributed by atoms with Crippen LogP contribution in [0.2, 0.25) is 5.02 Å². The smallest absolute Gasteiger partial charge is 0.204 e. The number of ether oxygens (including phenoxy) is 1. The first-order valence-electron chi connectivity index (χ1n) is 6.32. The highest BCUT2D eigenvalue weighted by atomic mass is 35.5. The maximum absolute atomic E-state index is 6.12. The highest BCUT2D eigenvalue weighted by molar-refractivity contribution is 6.31. The molecule has 106 valence electrons. The van der Waals surface area contributed by atoms with Crippen LogP contribution in [0.5, 0.6) is 5.75 Å². The summed E-state index contributed by atoms with van der Waals surface area (Å²) >= 11 is 6.12. The van der Waals surface area contributed by atoms with E-state index in [-0.39, 0.29) is 0 Å². The van der Waals surface area contributed by atoms with E-state index >= 15 is 0 Å². The Morgan fingerprint density at radius 3 is 2.70 bits per heavy atom. The number of halogens is 1. The van der Waals surface area contributed by atoms with Crippen molar-refractivity contribution in [3.8, 4) is 5.75 Å². The predicted octanol–water partition coefficient (Wildman–Crippen LogP) is 3.62. The van der Waals surface area contributed by atoms with E-state index in [1.54, 1.807) is 7.11 Å². The Morgan fingerprint density at radius 2 is 2.00 bits per heavy atom. The minimum absolute atomic E-state index is 0.578. The molecule has 0 unspecified atom stereocenters. The SMILES string of the molecule is CCNc1ncnc(Nc2cccc(Cl)c2C)c1OC. The third-order valence-electron chi connectivity index (χ3n) is 2.87. The van der Waals surface area contributed by atoms with Crippen LogP contribution in [0.3, 0.4) is 0 Å². The van der Waals surface area contributed by atoms with Gasteiger partial charge in [0, 0.05) is 17.3 Å². The quantitative estimate of drug-likeness (QED) is 0.881. The van der Waals surface area contributed by atoms with Gasteiger partial charge in [-0.2, -0.15) is 0 Å². The van der Waals surface area contributed by atoms with Gasteiger partial charge in [0.15, 0.2) is 11.6 Å². The van der Waals surface area contributed by atoms with E-state index < -0.39 is 0 Å². The summed E-state index contributed by atoms with van der Waals surface area (Å²) in [5.74, 6) is 1.84. The lowest BCUT2D eigenvalue weighted by atomic mass is 10.2. The maximum Gasteiger partial charge on any atom is 0.204 e. The topological polar surface area (TPSA) is 59.1 Å². The van der Waals surface area contributed by atoms with Gasteiger partial charge in [0.25, 0.3) is 0 Å². The van der Waals surface area contributed by atoms with Crippen LogP contribution in [-0.4, -0.2) is 23.6 Å². The summed E-state index contributed by atoms with van der Waals surface area (Å²) < 4.78 is 5.39. The number of hydrogen-bond acceptors (Lipinski definition) is 5. The van der Waals surface area contributed by atoms with E-state index in [0.717, 1.165) is 17.8 Å². The lowest BCUT2D eigenvalue weighted by Gasteiger charge is -2.15. The molecule has 0 atom stereocenters. The van der Waals surface area contributed by atoms with E-state index in [9.17, 15) is 0 Å². The second-order valence-electron chi connectivity index (χ2n) is 4.17. The molecular weight excluding hydrogens is 276 g/mol. The minimum Gasteiger partial charge on any atom is -0.490 e. The van der Waals surface area contributed by atoms with E-state index in [0.29, 0.717) is 22.4 Å². The summed E-state index contributed by atoms with van der Waals surface area (Å²) in [6, 6.07) is 5.68. The van der Waals surface area contributed by atoms with Gasteiger partial charge >= 0.3 is 0 Å². The summed E-state index contributed by atoms with van der Waals surface area (Å²) in [5, 5.41) is 7.07. The molecule has 0 aliphatic rings. The number of hydrogen-bond donors (Lipinski definition) is 2. The van der Waals surface area contributed by atoms with Crippen molar-refractivity contribution in [3.05, 3.63) is 35.1 Å². The number of anilines is 3. The fourth-order valence-corrected chi connectivity index (χ4v) is 1.99. The first kappa shape index (κ1) is 14.4. The molecule has 6 heteroatoms.